The summed E-state index contributed by atoms with van der Waals surface area (Å²) in [6, 6.07) is 0. The molecule has 10 heteroatoms. The molecule has 1 fully saturated rings. The van der Waals surface area contributed by atoms with Crippen molar-refractivity contribution in [2.45, 2.75) is 46.8 Å². The fourth-order valence-electron chi connectivity index (χ4n) is 2.88. The number of aromatic nitrogens is 4. The van der Waals surface area contributed by atoms with Crippen LogP contribution in [0, 0.1) is 11.3 Å². The van der Waals surface area contributed by atoms with Crippen molar-refractivity contribution >= 4 is 24.6 Å². The van der Waals surface area contributed by atoms with Gasteiger partial charge in [0.25, 0.3) is 0 Å². The maximum Gasteiger partial charge on any atom is 0.356 e. The highest BCUT2D eigenvalue weighted by atomic mass is 31.2. The number of nitrogen functional groups attached to an aromatic ring is 1. The molecule has 1 saturated heterocycles. The van der Waals surface area contributed by atoms with E-state index < -0.39 is 7.60 Å². The molecule has 27 heavy (non-hydrogen) atoms. The standard InChI is InChI=1S/C17H28N5O4P/c1-12(2)17(4)5-6-25-27(23,26-8-17)11-24-13(3)7-22-10-21-14-15(18)19-9-20-16(14)22/h9-10,12-13H,5-8,11H2,1-4H3,(H2,18,19,20)/t13-,17?,27?/m1/s1. The molecule has 3 heterocycles. The van der Waals surface area contributed by atoms with E-state index >= 15 is 0 Å². The van der Waals surface area contributed by atoms with Crippen LogP contribution in [-0.2, 0) is 24.9 Å². The molecule has 0 aromatic carbocycles. The SMILES string of the molecule is CC(C)C1(C)CCOP(=O)(CO[C@H](C)Cn2cnc3c(N)ncnc32)OC1. The van der Waals surface area contributed by atoms with Gasteiger partial charge in [-0.25, -0.2) is 15.0 Å². The molecule has 2 N–H and O–H groups in total. The zero-order valence-electron chi connectivity index (χ0n) is 16.3. The number of nitrogens with zero attached hydrogens (tertiary/aromatic N) is 4. The van der Waals surface area contributed by atoms with E-state index in [-0.39, 0.29) is 17.9 Å². The summed E-state index contributed by atoms with van der Waals surface area (Å²) < 4.78 is 31.8. The summed E-state index contributed by atoms with van der Waals surface area (Å²) in [5.41, 5.74) is 6.95. The van der Waals surface area contributed by atoms with Crippen LogP contribution in [0.1, 0.15) is 34.1 Å². The second-order valence-corrected chi connectivity index (χ2v) is 9.71. The molecule has 2 unspecified atom stereocenters. The third-order valence-electron chi connectivity index (χ3n) is 5.35. The van der Waals surface area contributed by atoms with E-state index in [9.17, 15) is 4.57 Å². The molecule has 0 radical (unpaired) electrons. The Morgan fingerprint density at radius 3 is 2.85 bits per heavy atom. The van der Waals surface area contributed by atoms with Crippen molar-refractivity contribution in [2.24, 2.45) is 11.3 Å². The van der Waals surface area contributed by atoms with E-state index in [2.05, 4.69) is 35.7 Å². The average Bonchev–Trinajstić information content (AvgIpc) is 2.95. The molecule has 0 bridgehead atoms. The van der Waals surface area contributed by atoms with Crippen LogP contribution < -0.4 is 5.73 Å². The lowest BCUT2D eigenvalue weighted by molar-refractivity contribution is 0.0644. The molecule has 0 saturated carbocycles. The largest absolute Gasteiger partial charge is 0.382 e. The first-order valence-corrected chi connectivity index (χ1v) is 10.9. The molecule has 150 valence electrons. The molecule has 1 aliphatic rings. The second kappa shape index (κ2) is 7.83. The molecule has 2 aromatic rings. The maximum atomic E-state index is 12.9. The van der Waals surface area contributed by atoms with Crippen molar-refractivity contribution in [3.05, 3.63) is 12.7 Å². The summed E-state index contributed by atoms with van der Waals surface area (Å²) in [5, 5.41) is 0. The van der Waals surface area contributed by atoms with Crippen LogP contribution >= 0.6 is 7.60 Å². The number of anilines is 1. The predicted molar refractivity (Wildman–Crippen MR) is 102 cm³/mol. The lowest BCUT2D eigenvalue weighted by Crippen LogP contribution is -2.28. The Morgan fingerprint density at radius 2 is 2.11 bits per heavy atom. The van der Waals surface area contributed by atoms with Crippen molar-refractivity contribution in [1.82, 2.24) is 19.5 Å². The molecule has 1 aliphatic heterocycles. The van der Waals surface area contributed by atoms with Gasteiger partial charge in [0.15, 0.2) is 11.5 Å². The van der Waals surface area contributed by atoms with Crippen LogP contribution in [0.4, 0.5) is 5.82 Å². The van der Waals surface area contributed by atoms with Crippen molar-refractivity contribution < 1.29 is 18.3 Å². The Bertz CT molecular complexity index is 842. The summed E-state index contributed by atoms with van der Waals surface area (Å²) in [6.07, 6.45) is 3.54. The topological polar surface area (TPSA) is 114 Å². The Balaban J connectivity index is 1.59. The highest BCUT2D eigenvalue weighted by Crippen LogP contribution is 2.53. The Labute approximate surface area is 159 Å². The van der Waals surface area contributed by atoms with Gasteiger partial charge in [0, 0.05) is 0 Å². The minimum Gasteiger partial charge on any atom is -0.382 e. The average molecular weight is 397 g/mol. The highest BCUT2D eigenvalue weighted by Gasteiger charge is 2.38. The van der Waals surface area contributed by atoms with E-state index in [1.165, 1.54) is 6.33 Å². The predicted octanol–water partition coefficient (Wildman–Crippen LogP) is 3.06. The van der Waals surface area contributed by atoms with Crippen molar-refractivity contribution in [3.63, 3.8) is 0 Å². The quantitative estimate of drug-likeness (QED) is 0.740. The first-order valence-electron chi connectivity index (χ1n) is 9.13. The van der Waals surface area contributed by atoms with Gasteiger partial charge < -0.3 is 24.1 Å². The zero-order valence-corrected chi connectivity index (χ0v) is 17.2. The van der Waals surface area contributed by atoms with Crippen LogP contribution in [-0.4, -0.2) is 45.2 Å². The smallest absolute Gasteiger partial charge is 0.356 e. The van der Waals surface area contributed by atoms with Crippen molar-refractivity contribution in [2.75, 3.05) is 25.3 Å². The van der Waals surface area contributed by atoms with Gasteiger partial charge in [-0.3, -0.25) is 4.57 Å². The van der Waals surface area contributed by atoms with Gasteiger partial charge in [0.2, 0.25) is 0 Å². The molecule has 3 rings (SSSR count). The Kier molecular flexibility index (Phi) is 5.86. The number of ether oxygens (including phenoxy) is 1. The van der Waals surface area contributed by atoms with E-state index in [1.54, 1.807) is 6.33 Å². The lowest BCUT2D eigenvalue weighted by Gasteiger charge is -2.31. The monoisotopic (exact) mass is 397 g/mol. The number of hydrogen-bond donors (Lipinski definition) is 1. The van der Waals surface area contributed by atoms with Gasteiger partial charge in [-0.1, -0.05) is 20.8 Å². The van der Waals surface area contributed by atoms with Crippen molar-refractivity contribution in [1.29, 1.82) is 0 Å². The highest BCUT2D eigenvalue weighted by molar-refractivity contribution is 7.53. The molecule has 3 atom stereocenters. The van der Waals surface area contributed by atoms with Gasteiger partial charge in [0.05, 0.1) is 32.2 Å². The van der Waals surface area contributed by atoms with Gasteiger partial charge >= 0.3 is 7.60 Å². The van der Waals surface area contributed by atoms with Gasteiger partial charge in [-0.2, -0.15) is 0 Å². The summed E-state index contributed by atoms with van der Waals surface area (Å²) in [5.74, 6) is 0.752. The summed E-state index contributed by atoms with van der Waals surface area (Å²) in [4.78, 5) is 12.4. The molecule has 2 aromatic heterocycles. The van der Waals surface area contributed by atoms with Gasteiger partial charge in [-0.15, -0.1) is 0 Å². The lowest BCUT2D eigenvalue weighted by atomic mass is 9.77. The third-order valence-corrected chi connectivity index (χ3v) is 6.91. The number of rotatable bonds is 6. The van der Waals surface area contributed by atoms with E-state index in [4.69, 9.17) is 19.5 Å². The first kappa shape index (κ1) is 20.2. The van der Waals surface area contributed by atoms with Crippen LogP contribution in [0.25, 0.3) is 11.2 Å². The molecule has 0 spiro atoms. The minimum absolute atomic E-state index is 0.0485. The Hall–Kier alpha value is -1.54. The molecule has 0 amide bonds. The molecular formula is C17H28N5O4P. The molecular weight excluding hydrogens is 369 g/mol. The number of hydrogen-bond acceptors (Lipinski definition) is 8. The van der Waals surface area contributed by atoms with E-state index in [0.29, 0.717) is 42.7 Å². The fraction of sp³-hybridized carbons (Fsp3) is 0.706. The number of imidazole rings is 1. The van der Waals surface area contributed by atoms with Crippen LogP contribution in [0.15, 0.2) is 12.7 Å². The summed E-state index contributed by atoms with van der Waals surface area (Å²) in [6.45, 7) is 9.61. The van der Waals surface area contributed by atoms with E-state index in [0.717, 1.165) is 6.42 Å². The van der Waals surface area contributed by atoms with Crippen LogP contribution in [0.5, 0.6) is 0 Å². The number of nitrogens with two attached hydrogens (primary N) is 1. The first-order chi connectivity index (χ1) is 12.7. The normalized spacial score (nSPS) is 27.7. The summed E-state index contributed by atoms with van der Waals surface area (Å²) >= 11 is 0. The summed E-state index contributed by atoms with van der Waals surface area (Å²) in [7, 11) is -3.27. The fourth-order valence-corrected chi connectivity index (χ4v) is 4.41. The number of fused-ring (bicyclic) bond motifs is 1. The van der Waals surface area contributed by atoms with Crippen LogP contribution in [0.3, 0.4) is 0 Å². The van der Waals surface area contributed by atoms with E-state index in [1.807, 2.05) is 11.5 Å². The third kappa shape index (κ3) is 4.48. The van der Waals surface area contributed by atoms with Crippen LogP contribution in [0.2, 0.25) is 0 Å². The Morgan fingerprint density at radius 1 is 1.33 bits per heavy atom. The second-order valence-electron chi connectivity index (χ2n) is 7.71. The maximum absolute atomic E-state index is 12.9. The van der Waals surface area contributed by atoms with Gasteiger partial charge in [-0.05, 0) is 24.7 Å². The molecule has 0 aliphatic carbocycles. The molecule has 9 nitrogen and oxygen atoms in total. The minimum atomic E-state index is -3.27. The zero-order chi connectivity index (χ0) is 19.7. The van der Waals surface area contributed by atoms with Crippen molar-refractivity contribution in [3.8, 4) is 0 Å². The van der Waals surface area contributed by atoms with Gasteiger partial charge in [0.1, 0.15) is 18.2 Å².